The number of nitrogens with two attached hydrogens (primary N) is 1. The molecule has 0 bridgehead atoms. The van der Waals surface area contributed by atoms with Gasteiger partial charge in [-0.05, 0) is 43.1 Å². The molecule has 0 saturated carbocycles. The van der Waals surface area contributed by atoms with E-state index in [9.17, 15) is 9.59 Å². The SMILES string of the molecule is Cc1ccn2c(=O)c(C(=O)N(CCCN)Cc3ccccc3)cnc2c1. The number of carbonyl (C=O) groups excluding carboxylic acids is 1. The van der Waals surface area contributed by atoms with Crippen LogP contribution in [0.5, 0.6) is 0 Å². The smallest absolute Gasteiger partial charge is 0.270 e. The lowest BCUT2D eigenvalue weighted by Gasteiger charge is -2.22. The molecule has 0 unspecified atom stereocenters. The van der Waals surface area contributed by atoms with Crippen LogP contribution in [0, 0.1) is 6.92 Å². The molecular formula is C20H22N4O2. The van der Waals surface area contributed by atoms with Gasteiger partial charge in [-0.25, -0.2) is 4.98 Å². The molecule has 0 aliphatic heterocycles. The molecule has 0 spiro atoms. The second-order valence-electron chi connectivity index (χ2n) is 6.26. The Balaban J connectivity index is 1.95. The normalized spacial score (nSPS) is 10.8. The minimum absolute atomic E-state index is 0.0688. The Morgan fingerprint density at radius 2 is 2.00 bits per heavy atom. The lowest BCUT2D eigenvalue weighted by atomic mass is 10.2. The number of nitrogens with zero attached hydrogens (tertiary/aromatic N) is 3. The molecule has 1 aromatic carbocycles. The summed E-state index contributed by atoms with van der Waals surface area (Å²) in [7, 11) is 0. The quantitative estimate of drug-likeness (QED) is 0.737. The van der Waals surface area contributed by atoms with Crippen molar-refractivity contribution in [1.82, 2.24) is 14.3 Å². The summed E-state index contributed by atoms with van der Waals surface area (Å²) < 4.78 is 1.41. The molecule has 3 aromatic rings. The van der Waals surface area contributed by atoms with E-state index in [0.717, 1.165) is 11.1 Å². The molecule has 2 heterocycles. The number of fused-ring (bicyclic) bond motifs is 1. The average molecular weight is 350 g/mol. The molecular weight excluding hydrogens is 328 g/mol. The molecule has 2 aromatic heterocycles. The second-order valence-corrected chi connectivity index (χ2v) is 6.26. The number of amides is 1. The average Bonchev–Trinajstić information content (AvgIpc) is 2.65. The fourth-order valence-corrected chi connectivity index (χ4v) is 2.83. The van der Waals surface area contributed by atoms with Crippen LogP contribution < -0.4 is 11.3 Å². The van der Waals surface area contributed by atoms with Crippen LogP contribution in [0.4, 0.5) is 0 Å². The lowest BCUT2D eigenvalue weighted by molar-refractivity contribution is 0.0740. The number of hydrogen-bond donors (Lipinski definition) is 1. The van der Waals surface area contributed by atoms with Crippen LogP contribution in [0.2, 0.25) is 0 Å². The van der Waals surface area contributed by atoms with E-state index in [1.54, 1.807) is 11.1 Å². The Kier molecular flexibility index (Phi) is 5.43. The first-order valence-corrected chi connectivity index (χ1v) is 8.61. The number of carbonyl (C=O) groups is 1. The maximum atomic E-state index is 13.0. The van der Waals surface area contributed by atoms with Gasteiger partial charge < -0.3 is 10.6 Å². The molecule has 0 aliphatic rings. The molecule has 134 valence electrons. The lowest BCUT2D eigenvalue weighted by Crippen LogP contribution is -2.36. The second kappa shape index (κ2) is 7.93. The van der Waals surface area contributed by atoms with E-state index in [-0.39, 0.29) is 17.0 Å². The van der Waals surface area contributed by atoms with Crippen LogP contribution in [-0.2, 0) is 6.54 Å². The number of aryl methyl sites for hydroxylation is 1. The molecule has 1 amide bonds. The third-order valence-corrected chi connectivity index (χ3v) is 4.23. The van der Waals surface area contributed by atoms with Crippen molar-refractivity contribution < 1.29 is 4.79 Å². The Hall–Kier alpha value is -2.99. The Bertz CT molecular complexity index is 966. The number of hydrogen-bond acceptors (Lipinski definition) is 4. The molecule has 6 heteroatoms. The zero-order valence-electron chi connectivity index (χ0n) is 14.8. The van der Waals surface area contributed by atoms with Crippen molar-refractivity contribution in [3.8, 4) is 0 Å². The zero-order valence-corrected chi connectivity index (χ0v) is 14.8. The van der Waals surface area contributed by atoms with Gasteiger partial charge in [-0.15, -0.1) is 0 Å². The molecule has 6 nitrogen and oxygen atoms in total. The first-order chi connectivity index (χ1) is 12.6. The summed E-state index contributed by atoms with van der Waals surface area (Å²) in [5.41, 5.74) is 7.86. The summed E-state index contributed by atoms with van der Waals surface area (Å²) in [6, 6.07) is 13.3. The van der Waals surface area contributed by atoms with E-state index in [4.69, 9.17) is 5.73 Å². The van der Waals surface area contributed by atoms with Crippen LogP contribution in [0.25, 0.3) is 5.65 Å². The largest absolute Gasteiger partial charge is 0.334 e. The zero-order chi connectivity index (χ0) is 18.5. The van der Waals surface area contributed by atoms with Crippen molar-refractivity contribution in [2.75, 3.05) is 13.1 Å². The molecule has 0 atom stereocenters. The molecule has 3 rings (SSSR count). The van der Waals surface area contributed by atoms with Crippen molar-refractivity contribution in [3.63, 3.8) is 0 Å². The van der Waals surface area contributed by atoms with Gasteiger partial charge in [-0.2, -0.15) is 0 Å². The number of pyridine rings is 1. The van der Waals surface area contributed by atoms with Crippen molar-refractivity contribution >= 4 is 11.6 Å². The van der Waals surface area contributed by atoms with Gasteiger partial charge in [-0.1, -0.05) is 30.3 Å². The van der Waals surface area contributed by atoms with Crippen LogP contribution in [0.15, 0.2) is 59.7 Å². The van der Waals surface area contributed by atoms with Crippen molar-refractivity contribution in [3.05, 3.63) is 81.9 Å². The third kappa shape index (κ3) is 3.81. The molecule has 0 radical (unpaired) electrons. The van der Waals surface area contributed by atoms with E-state index in [1.165, 1.54) is 10.6 Å². The van der Waals surface area contributed by atoms with E-state index in [1.807, 2.05) is 49.4 Å². The summed E-state index contributed by atoms with van der Waals surface area (Å²) in [6.45, 7) is 3.32. The monoisotopic (exact) mass is 350 g/mol. The van der Waals surface area contributed by atoms with Gasteiger partial charge in [0.05, 0.1) is 0 Å². The fourth-order valence-electron chi connectivity index (χ4n) is 2.83. The highest BCUT2D eigenvalue weighted by atomic mass is 16.2. The summed E-state index contributed by atoms with van der Waals surface area (Å²) in [5.74, 6) is -0.324. The van der Waals surface area contributed by atoms with E-state index in [2.05, 4.69) is 4.98 Å². The van der Waals surface area contributed by atoms with E-state index < -0.39 is 0 Å². The van der Waals surface area contributed by atoms with Gasteiger partial charge >= 0.3 is 0 Å². The third-order valence-electron chi connectivity index (χ3n) is 4.23. The summed E-state index contributed by atoms with van der Waals surface area (Å²) >= 11 is 0. The molecule has 0 saturated heterocycles. The van der Waals surface area contributed by atoms with Gasteiger partial charge in [0.25, 0.3) is 11.5 Å². The van der Waals surface area contributed by atoms with Crippen LogP contribution >= 0.6 is 0 Å². The fraction of sp³-hybridized carbons (Fsp3) is 0.250. The topological polar surface area (TPSA) is 80.7 Å². The van der Waals surface area contributed by atoms with Gasteiger partial charge in [-0.3, -0.25) is 14.0 Å². The molecule has 2 N–H and O–H groups in total. The summed E-state index contributed by atoms with van der Waals surface area (Å²) in [6.07, 6.45) is 3.69. The highest BCUT2D eigenvalue weighted by molar-refractivity contribution is 5.93. The molecule has 0 aliphatic carbocycles. The minimum Gasteiger partial charge on any atom is -0.334 e. The number of aromatic nitrogens is 2. The van der Waals surface area contributed by atoms with Gasteiger partial charge in [0.1, 0.15) is 11.2 Å². The predicted octanol–water partition coefficient (Wildman–Crippen LogP) is 1.99. The maximum Gasteiger partial charge on any atom is 0.270 e. The van der Waals surface area contributed by atoms with Gasteiger partial charge in [0.2, 0.25) is 0 Å². The van der Waals surface area contributed by atoms with Gasteiger partial charge in [0.15, 0.2) is 0 Å². The summed E-state index contributed by atoms with van der Waals surface area (Å²) in [4.78, 5) is 31.7. The Morgan fingerprint density at radius 1 is 1.23 bits per heavy atom. The van der Waals surface area contributed by atoms with Crippen LogP contribution in [0.1, 0.15) is 27.9 Å². The first-order valence-electron chi connectivity index (χ1n) is 8.61. The van der Waals surface area contributed by atoms with E-state index >= 15 is 0 Å². The first kappa shape index (κ1) is 17.8. The Labute approximate surface area is 151 Å². The van der Waals surface area contributed by atoms with Crippen LogP contribution in [0.3, 0.4) is 0 Å². The number of benzene rings is 1. The molecule has 26 heavy (non-hydrogen) atoms. The highest BCUT2D eigenvalue weighted by Gasteiger charge is 2.20. The Morgan fingerprint density at radius 3 is 2.73 bits per heavy atom. The summed E-state index contributed by atoms with van der Waals surface area (Å²) in [5, 5.41) is 0. The van der Waals surface area contributed by atoms with Crippen LogP contribution in [-0.4, -0.2) is 33.3 Å². The van der Waals surface area contributed by atoms with Gasteiger partial charge in [0, 0.05) is 25.5 Å². The predicted molar refractivity (Wildman–Crippen MR) is 101 cm³/mol. The van der Waals surface area contributed by atoms with E-state index in [0.29, 0.717) is 31.7 Å². The van der Waals surface area contributed by atoms with Crippen molar-refractivity contribution in [2.45, 2.75) is 19.9 Å². The minimum atomic E-state index is -0.356. The van der Waals surface area contributed by atoms with Crippen molar-refractivity contribution in [2.24, 2.45) is 5.73 Å². The standard InChI is InChI=1S/C20H22N4O2/c1-15-8-11-24-18(12-15)22-13-17(20(24)26)19(25)23(10-5-9-21)14-16-6-3-2-4-7-16/h2-4,6-8,11-13H,5,9-10,14,21H2,1H3. The molecule has 0 fully saturated rings. The number of rotatable bonds is 6. The van der Waals surface area contributed by atoms with Crippen molar-refractivity contribution in [1.29, 1.82) is 0 Å². The highest BCUT2D eigenvalue weighted by Crippen LogP contribution is 2.10. The maximum absolute atomic E-state index is 13.0.